The summed E-state index contributed by atoms with van der Waals surface area (Å²) in [5.41, 5.74) is 11.4. The van der Waals surface area contributed by atoms with Gasteiger partial charge in [-0.05, 0) is 54.8 Å². The van der Waals surface area contributed by atoms with Gasteiger partial charge in [0.1, 0.15) is 5.75 Å². The Morgan fingerprint density at radius 2 is 1.83 bits per heavy atom. The van der Waals surface area contributed by atoms with Crippen LogP contribution in [0.1, 0.15) is 12.5 Å². The Morgan fingerprint density at radius 1 is 1.13 bits per heavy atom. The first kappa shape index (κ1) is 16.8. The third kappa shape index (κ3) is 4.47. The summed E-state index contributed by atoms with van der Waals surface area (Å²) in [5, 5.41) is 14.9. The molecule has 0 saturated carbocycles. The van der Waals surface area contributed by atoms with E-state index in [-0.39, 0.29) is 5.75 Å². The molecule has 5 N–H and O–H groups in total. The molecule has 0 aliphatic rings. The summed E-state index contributed by atoms with van der Waals surface area (Å²) in [6.07, 6.45) is 0.879. The van der Waals surface area contributed by atoms with Crippen molar-refractivity contribution in [3.05, 3.63) is 66.3 Å². The standard InChI is InChI=1S/C12H14N2.C6H7NOS/c1-8(2)9(3)6-10-4-5-11-12(7-10)14-13-11;7-5-3-4(9)1-2-6(5)8/h4-5,7,13-14H,1,3,6H2,2H3;1-3,8-9H,7H2. The molecule has 0 radical (unpaired) electrons. The number of nitrogens with one attached hydrogen (secondary N) is 2. The summed E-state index contributed by atoms with van der Waals surface area (Å²) in [4.78, 5) is 0.755. The number of anilines is 1. The van der Waals surface area contributed by atoms with Crippen molar-refractivity contribution in [2.75, 3.05) is 5.73 Å². The number of thiol groups is 1. The van der Waals surface area contributed by atoms with Gasteiger partial charge in [0.05, 0.1) is 16.7 Å². The van der Waals surface area contributed by atoms with Crippen molar-refractivity contribution in [1.29, 1.82) is 0 Å². The van der Waals surface area contributed by atoms with Crippen molar-refractivity contribution in [3.8, 4) is 5.75 Å². The van der Waals surface area contributed by atoms with Crippen LogP contribution >= 0.6 is 12.6 Å². The number of rotatable bonds is 3. The predicted octanol–water partition coefficient (Wildman–Crippen LogP) is 4.43. The second-order valence-electron chi connectivity index (χ2n) is 5.43. The average Bonchev–Trinajstić information content (AvgIpc) is 2.47. The number of fused-ring (bicyclic) bond motifs is 1. The SMILES string of the molecule is C=C(C)C(=C)Cc1ccc2[nH][nH]c2c1.Nc1cc(S)ccc1O. The van der Waals surface area contributed by atoms with Gasteiger partial charge in [-0.1, -0.05) is 24.8 Å². The first-order valence-electron chi connectivity index (χ1n) is 7.13. The second-order valence-corrected chi connectivity index (χ2v) is 5.95. The monoisotopic (exact) mass is 327 g/mol. The highest BCUT2D eigenvalue weighted by molar-refractivity contribution is 7.80. The maximum atomic E-state index is 8.88. The molecule has 1 heterocycles. The largest absolute Gasteiger partial charge is 0.506 e. The average molecular weight is 327 g/mol. The number of benzene rings is 2. The molecule has 0 aliphatic carbocycles. The fourth-order valence-corrected chi connectivity index (χ4v) is 2.14. The quantitative estimate of drug-likeness (QED) is 0.213. The van der Waals surface area contributed by atoms with Gasteiger partial charge in [-0.25, -0.2) is 0 Å². The maximum absolute atomic E-state index is 8.88. The normalized spacial score (nSPS) is 10.2. The van der Waals surface area contributed by atoms with Crippen molar-refractivity contribution in [2.45, 2.75) is 18.2 Å². The summed E-state index contributed by atoms with van der Waals surface area (Å²) in [7, 11) is 0. The van der Waals surface area contributed by atoms with E-state index in [0.717, 1.165) is 33.5 Å². The molecule has 0 saturated heterocycles. The van der Waals surface area contributed by atoms with E-state index in [9.17, 15) is 0 Å². The van der Waals surface area contributed by atoms with E-state index in [2.05, 4.69) is 54.2 Å². The van der Waals surface area contributed by atoms with Crippen molar-refractivity contribution >= 4 is 29.3 Å². The van der Waals surface area contributed by atoms with Crippen molar-refractivity contribution in [1.82, 2.24) is 10.2 Å². The molecule has 0 atom stereocenters. The molecule has 5 heteroatoms. The third-order valence-corrected chi connectivity index (χ3v) is 3.73. The number of hydrogen-bond acceptors (Lipinski definition) is 3. The van der Waals surface area contributed by atoms with Crippen LogP contribution < -0.4 is 5.73 Å². The number of aromatic nitrogens is 2. The molecule has 0 amide bonds. The lowest BCUT2D eigenvalue weighted by Gasteiger charge is -2.08. The Morgan fingerprint density at radius 3 is 2.30 bits per heavy atom. The molecule has 0 spiro atoms. The first-order chi connectivity index (χ1) is 10.9. The topological polar surface area (TPSA) is 77.8 Å². The molecule has 3 rings (SSSR count). The summed E-state index contributed by atoms with van der Waals surface area (Å²) in [6, 6.07) is 11.1. The maximum Gasteiger partial charge on any atom is 0.138 e. The highest BCUT2D eigenvalue weighted by Gasteiger charge is 2.01. The van der Waals surface area contributed by atoms with Crippen LogP contribution in [0.3, 0.4) is 0 Å². The number of hydrogen-bond donors (Lipinski definition) is 5. The number of aromatic amines is 2. The van der Waals surface area contributed by atoms with Crippen LogP contribution in [-0.2, 0) is 6.42 Å². The number of allylic oxidation sites excluding steroid dienone is 2. The van der Waals surface area contributed by atoms with Crippen LogP contribution in [0.15, 0.2) is 65.6 Å². The van der Waals surface area contributed by atoms with Gasteiger partial charge in [-0.3, -0.25) is 10.2 Å². The zero-order valence-corrected chi connectivity index (χ0v) is 14.0. The fraction of sp³-hybridized carbons (Fsp3) is 0.111. The number of nitrogens with two attached hydrogens (primary N) is 1. The van der Waals surface area contributed by atoms with E-state index >= 15 is 0 Å². The van der Waals surface area contributed by atoms with Gasteiger partial charge >= 0.3 is 0 Å². The van der Waals surface area contributed by atoms with Gasteiger partial charge < -0.3 is 10.8 Å². The number of aromatic hydroxyl groups is 1. The molecule has 0 bridgehead atoms. The predicted molar refractivity (Wildman–Crippen MR) is 100 cm³/mol. The van der Waals surface area contributed by atoms with Gasteiger partial charge in [0.2, 0.25) is 0 Å². The fourth-order valence-electron chi connectivity index (χ4n) is 1.93. The van der Waals surface area contributed by atoms with Gasteiger partial charge in [-0.2, -0.15) is 0 Å². The van der Waals surface area contributed by atoms with Crippen LogP contribution in [0.4, 0.5) is 5.69 Å². The van der Waals surface area contributed by atoms with Crippen LogP contribution in [-0.4, -0.2) is 15.3 Å². The van der Waals surface area contributed by atoms with E-state index < -0.39 is 0 Å². The highest BCUT2D eigenvalue weighted by Crippen LogP contribution is 2.21. The Labute approximate surface area is 141 Å². The molecule has 0 aliphatic heterocycles. The van der Waals surface area contributed by atoms with E-state index in [1.54, 1.807) is 12.1 Å². The Balaban J connectivity index is 0.000000185. The van der Waals surface area contributed by atoms with E-state index in [1.807, 2.05) is 6.92 Å². The third-order valence-electron chi connectivity index (χ3n) is 3.45. The molecular formula is C18H21N3OS. The molecule has 0 unspecified atom stereocenters. The van der Waals surface area contributed by atoms with Gasteiger partial charge in [0.25, 0.3) is 0 Å². The summed E-state index contributed by atoms with van der Waals surface area (Å²) >= 11 is 4.01. The minimum absolute atomic E-state index is 0.104. The number of phenolic OH excluding ortho intramolecular Hbond substituents is 1. The summed E-state index contributed by atoms with van der Waals surface area (Å²) in [5.74, 6) is 0.104. The van der Waals surface area contributed by atoms with Gasteiger partial charge in [-0.15, -0.1) is 12.6 Å². The molecule has 120 valence electrons. The number of H-pyrrole nitrogens is 2. The van der Waals surface area contributed by atoms with Crippen LogP contribution in [0, 0.1) is 0 Å². The first-order valence-corrected chi connectivity index (χ1v) is 7.57. The zero-order chi connectivity index (χ0) is 17.0. The van der Waals surface area contributed by atoms with Gasteiger partial charge in [0, 0.05) is 4.90 Å². The minimum atomic E-state index is 0.104. The number of nitrogen functional groups attached to an aromatic ring is 1. The Kier molecular flexibility index (Phi) is 5.24. The van der Waals surface area contributed by atoms with E-state index in [1.165, 1.54) is 11.6 Å². The molecule has 4 nitrogen and oxygen atoms in total. The lowest BCUT2D eigenvalue weighted by Crippen LogP contribution is -1.95. The number of phenols is 1. The van der Waals surface area contributed by atoms with Gasteiger partial charge in [0.15, 0.2) is 0 Å². The van der Waals surface area contributed by atoms with E-state index in [0.29, 0.717) is 5.69 Å². The lowest BCUT2D eigenvalue weighted by atomic mass is 10.0. The highest BCUT2D eigenvalue weighted by atomic mass is 32.1. The zero-order valence-electron chi connectivity index (χ0n) is 13.1. The molecule has 0 fully saturated rings. The summed E-state index contributed by atoms with van der Waals surface area (Å²) < 4.78 is 0. The minimum Gasteiger partial charge on any atom is -0.506 e. The molecule has 23 heavy (non-hydrogen) atoms. The lowest BCUT2D eigenvalue weighted by molar-refractivity contribution is 0.477. The molecule has 2 aromatic carbocycles. The molecule has 3 aromatic rings. The van der Waals surface area contributed by atoms with Crippen LogP contribution in [0.5, 0.6) is 5.75 Å². The summed E-state index contributed by atoms with van der Waals surface area (Å²) in [6.45, 7) is 9.85. The molecular weight excluding hydrogens is 306 g/mol. The van der Waals surface area contributed by atoms with Crippen molar-refractivity contribution < 1.29 is 5.11 Å². The smallest absolute Gasteiger partial charge is 0.138 e. The Hall–Kier alpha value is -2.53. The van der Waals surface area contributed by atoms with Crippen molar-refractivity contribution in [2.24, 2.45) is 0 Å². The van der Waals surface area contributed by atoms with Crippen LogP contribution in [0.25, 0.3) is 11.0 Å². The van der Waals surface area contributed by atoms with Crippen molar-refractivity contribution in [3.63, 3.8) is 0 Å². The van der Waals surface area contributed by atoms with Crippen LogP contribution in [0.2, 0.25) is 0 Å². The second kappa shape index (κ2) is 7.15. The molecule has 1 aromatic heterocycles. The van der Waals surface area contributed by atoms with E-state index in [4.69, 9.17) is 10.8 Å². The Bertz CT molecular complexity index is 845.